The Labute approximate surface area is 150 Å². The molecule has 0 N–H and O–H groups in total. The quantitative estimate of drug-likeness (QED) is 0.581. The van der Waals surface area contributed by atoms with Crippen molar-refractivity contribution in [2.75, 3.05) is 21.3 Å². The summed E-state index contributed by atoms with van der Waals surface area (Å²) in [5, 5.41) is 0. The molecule has 3 aliphatic carbocycles. The van der Waals surface area contributed by atoms with Crippen LogP contribution in [0.1, 0.15) is 16.8 Å². The summed E-state index contributed by atoms with van der Waals surface area (Å²) in [6.45, 7) is 0. The second kappa shape index (κ2) is 7.01. The Morgan fingerprint density at radius 1 is 1.04 bits per heavy atom. The zero-order valence-electron chi connectivity index (χ0n) is 14.8. The predicted octanol–water partition coefficient (Wildman–Crippen LogP) is 1.52. The van der Waals surface area contributed by atoms with E-state index in [-0.39, 0.29) is 12.2 Å². The molecule has 138 valence electrons. The van der Waals surface area contributed by atoms with Crippen molar-refractivity contribution in [1.29, 1.82) is 0 Å². The lowest BCUT2D eigenvalue weighted by Crippen LogP contribution is -2.63. The van der Waals surface area contributed by atoms with E-state index >= 15 is 0 Å². The lowest BCUT2D eigenvalue weighted by Gasteiger charge is -2.49. The van der Waals surface area contributed by atoms with E-state index in [0.29, 0.717) is 11.1 Å². The zero-order chi connectivity index (χ0) is 18.9. The van der Waals surface area contributed by atoms with Crippen LogP contribution in [-0.4, -0.2) is 50.9 Å². The van der Waals surface area contributed by atoms with E-state index in [0.717, 1.165) is 0 Å². The third-order valence-electron chi connectivity index (χ3n) is 5.00. The van der Waals surface area contributed by atoms with Crippen LogP contribution < -0.4 is 0 Å². The highest BCUT2D eigenvalue weighted by Gasteiger charge is 2.62. The van der Waals surface area contributed by atoms with Crippen LogP contribution in [0, 0.1) is 11.8 Å². The van der Waals surface area contributed by atoms with Crippen molar-refractivity contribution >= 4 is 17.7 Å². The molecule has 0 unspecified atom stereocenters. The van der Waals surface area contributed by atoms with Crippen LogP contribution in [0.15, 0.2) is 42.0 Å². The van der Waals surface area contributed by atoms with Crippen LogP contribution in [0.5, 0.6) is 0 Å². The van der Waals surface area contributed by atoms with Gasteiger partial charge in [0.25, 0.3) is 0 Å². The van der Waals surface area contributed by atoms with Crippen LogP contribution in [0.4, 0.5) is 0 Å². The van der Waals surface area contributed by atoms with E-state index in [1.165, 1.54) is 27.4 Å². The topological polar surface area (TPSA) is 88.1 Å². The van der Waals surface area contributed by atoms with Crippen molar-refractivity contribution in [3.8, 4) is 0 Å². The number of Topliss-reactive ketones (excluding diaryl/α,β-unsaturated/α-hetero) is 1. The van der Waals surface area contributed by atoms with Crippen LogP contribution in [0.3, 0.4) is 0 Å². The van der Waals surface area contributed by atoms with Gasteiger partial charge in [-0.1, -0.05) is 24.3 Å². The monoisotopic (exact) mass is 360 g/mol. The average molecular weight is 360 g/mol. The van der Waals surface area contributed by atoms with Crippen molar-refractivity contribution in [2.24, 2.45) is 11.8 Å². The summed E-state index contributed by atoms with van der Waals surface area (Å²) in [5.41, 5.74) is 0.691. The number of fused-ring (bicyclic) bond motifs is 2. The van der Waals surface area contributed by atoms with Gasteiger partial charge in [0.15, 0.2) is 0 Å². The average Bonchev–Trinajstić information content (AvgIpc) is 2.69. The highest BCUT2D eigenvalue weighted by molar-refractivity contribution is 6.00. The molecule has 0 spiro atoms. The van der Waals surface area contributed by atoms with Gasteiger partial charge in [-0.25, -0.2) is 9.59 Å². The van der Waals surface area contributed by atoms with Gasteiger partial charge < -0.3 is 18.9 Å². The third-order valence-corrected chi connectivity index (χ3v) is 5.00. The van der Waals surface area contributed by atoms with Gasteiger partial charge in [0.2, 0.25) is 11.6 Å². The molecular formula is C19H20O7. The van der Waals surface area contributed by atoms with Crippen molar-refractivity contribution in [1.82, 2.24) is 0 Å². The van der Waals surface area contributed by atoms with Gasteiger partial charge in [-0.2, -0.15) is 0 Å². The summed E-state index contributed by atoms with van der Waals surface area (Å²) < 4.78 is 21.1. The Bertz CT molecular complexity index is 748. The van der Waals surface area contributed by atoms with Gasteiger partial charge in [-0.3, -0.25) is 4.79 Å². The van der Waals surface area contributed by atoms with E-state index in [1.807, 2.05) is 0 Å². The van der Waals surface area contributed by atoms with E-state index in [2.05, 4.69) is 0 Å². The number of hydrogen-bond acceptors (Lipinski definition) is 7. The third kappa shape index (κ3) is 2.73. The molecule has 1 aromatic carbocycles. The molecule has 1 fully saturated rings. The van der Waals surface area contributed by atoms with Crippen LogP contribution in [-0.2, 0) is 28.5 Å². The minimum atomic E-state index is -1.58. The lowest BCUT2D eigenvalue weighted by atomic mass is 9.65. The Kier molecular flexibility index (Phi) is 4.93. The number of ketones is 1. The molecule has 3 aliphatic rings. The Hall–Kier alpha value is -2.51. The van der Waals surface area contributed by atoms with E-state index in [4.69, 9.17) is 18.9 Å². The summed E-state index contributed by atoms with van der Waals surface area (Å²) in [6, 6.07) is 8.51. The molecular weight excluding hydrogens is 340 g/mol. The summed E-state index contributed by atoms with van der Waals surface area (Å²) in [7, 11) is 3.96. The maximum Gasteiger partial charge on any atom is 0.338 e. The number of carbonyl (C=O) groups excluding carboxylic acids is 3. The van der Waals surface area contributed by atoms with Gasteiger partial charge >= 0.3 is 11.9 Å². The second-order valence-electron chi connectivity index (χ2n) is 6.18. The maximum atomic E-state index is 12.9. The first-order valence-corrected chi connectivity index (χ1v) is 8.19. The fourth-order valence-electron chi connectivity index (χ4n) is 3.73. The molecule has 0 aromatic heterocycles. The van der Waals surface area contributed by atoms with E-state index in [9.17, 15) is 14.4 Å². The number of carbonyl (C=O) groups is 3. The first kappa shape index (κ1) is 18.3. The first-order valence-electron chi connectivity index (χ1n) is 8.19. The zero-order valence-corrected chi connectivity index (χ0v) is 14.8. The van der Waals surface area contributed by atoms with Gasteiger partial charge in [0.1, 0.15) is 6.10 Å². The second-order valence-corrected chi connectivity index (χ2v) is 6.18. The molecule has 0 heterocycles. The SMILES string of the molecule is COC(=O)C1=C[C@@H]2C(=O)C(OC)(OC)[C@H]1C[C@@H]2OC(=O)c1ccccc1. The van der Waals surface area contributed by atoms with Gasteiger partial charge in [-0.15, -0.1) is 0 Å². The number of ether oxygens (including phenoxy) is 4. The normalized spacial score (nSPS) is 26.2. The smallest absolute Gasteiger partial charge is 0.338 e. The maximum absolute atomic E-state index is 12.9. The number of esters is 2. The Balaban J connectivity index is 1.91. The molecule has 1 aromatic rings. The predicted molar refractivity (Wildman–Crippen MR) is 89.1 cm³/mol. The minimum absolute atomic E-state index is 0.220. The minimum Gasteiger partial charge on any atom is -0.466 e. The molecule has 7 nitrogen and oxygen atoms in total. The standard InChI is InChI=1S/C19H20O7/c1-23-18(22)12-9-13-15(26-17(21)11-7-5-4-6-8-11)10-14(12)19(24-2,25-3)16(13)20/h4-9,13-15H,10H2,1-3H3/t13-,14-,15-/m0/s1. The molecule has 0 aliphatic heterocycles. The summed E-state index contributed by atoms with van der Waals surface area (Å²) in [6.07, 6.45) is 1.02. The first-order chi connectivity index (χ1) is 12.5. The highest BCUT2D eigenvalue weighted by atomic mass is 16.7. The molecule has 2 bridgehead atoms. The highest BCUT2D eigenvalue weighted by Crippen LogP contribution is 2.48. The fourth-order valence-corrected chi connectivity index (χ4v) is 3.73. The molecule has 26 heavy (non-hydrogen) atoms. The largest absolute Gasteiger partial charge is 0.466 e. The number of rotatable bonds is 5. The van der Waals surface area contributed by atoms with Crippen molar-refractivity contribution in [2.45, 2.75) is 18.3 Å². The molecule has 0 saturated heterocycles. The molecule has 1 saturated carbocycles. The summed E-state index contributed by atoms with van der Waals surface area (Å²) in [5.74, 6) is -4.61. The van der Waals surface area contributed by atoms with Crippen molar-refractivity contribution in [3.63, 3.8) is 0 Å². The summed E-state index contributed by atoms with van der Waals surface area (Å²) in [4.78, 5) is 37.4. The summed E-state index contributed by atoms with van der Waals surface area (Å²) >= 11 is 0. The molecule has 4 rings (SSSR count). The molecule has 0 amide bonds. The van der Waals surface area contributed by atoms with Gasteiger partial charge in [0, 0.05) is 19.8 Å². The van der Waals surface area contributed by atoms with Crippen LogP contribution in [0.25, 0.3) is 0 Å². The van der Waals surface area contributed by atoms with Crippen molar-refractivity contribution < 1.29 is 33.3 Å². The number of hydrogen-bond donors (Lipinski definition) is 0. The van der Waals surface area contributed by atoms with E-state index in [1.54, 1.807) is 30.3 Å². The van der Waals surface area contributed by atoms with E-state index < -0.39 is 35.7 Å². The van der Waals surface area contributed by atoms with Crippen LogP contribution >= 0.6 is 0 Å². The van der Waals surface area contributed by atoms with Crippen LogP contribution in [0.2, 0.25) is 0 Å². The van der Waals surface area contributed by atoms with Gasteiger partial charge in [0.05, 0.1) is 24.5 Å². The molecule has 0 radical (unpaired) electrons. The number of benzene rings is 1. The Morgan fingerprint density at radius 2 is 1.69 bits per heavy atom. The van der Waals surface area contributed by atoms with Gasteiger partial charge in [-0.05, 0) is 18.6 Å². The molecule has 3 atom stereocenters. The van der Waals surface area contributed by atoms with Crippen molar-refractivity contribution in [3.05, 3.63) is 47.5 Å². The lowest BCUT2D eigenvalue weighted by molar-refractivity contribution is -0.245. The molecule has 7 heteroatoms. The fraction of sp³-hybridized carbons (Fsp3) is 0.421. The Morgan fingerprint density at radius 3 is 2.27 bits per heavy atom. The number of methoxy groups -OCH3 is 3.